The molecule has 2 rings (SSSR count). The summed E-state index contributed by atoms with van der Waals surface area (Å²) in [7, 11) is 3.90. The van der Waals surface area contributed by atoms with Crippen molar-refractivity contribution < 1.29 is 0 Å². The van der Waals surface area contributed by atoms with E-state index in [0.29, 0.717) is 0 Å². The van der Waals surface area contributed by atoms with Gasteiger partial charge in [-0.25, -0.2) is 4.98 Å². The molecular weight excluding hydrogens is 276 g/mol. The Morgan fingerprint density at radius 2 is 2.07 bits per heavy atom. The lowest BCUT2D eigenvalue weighted by atomic mass is 10.3. The molecule has 2 aromatic rings. The zero-order valence-corrected chi connectivity index (χ0v) is 10.7. The summed E-state index contributed by atoms with van der Waals surface area (Å²) in [6.07, 6.45) is 1.78. The summed E-state index contributed by atoms with van der Waals surface area (Å²) in [5, 5.41) is 9.96. The van der Waals surface area contributed by atoms with Crippen LogP contribution in [-0.4, -0.2) is 29.3 Å². The van der Waals surface area contributed by atoms with E-state index in [1.54, 1.807) is 17.5 Å². The Bertz CT molecular complexity index is 451. The van der Waals surface area contributed by atoms with E-state index in [1.807, 2.05) is 31.1 Å². The van der Waals surface area contributed by atoms with Crippen molar-refractivity contribution in [3.8, 4) is 10.6 Å². The van der Waals surface area contributed by atoms with E-state index < -0.39 is 0 Å². The fourth-order valence-corrected chi connectivity index (χ4v) is 2.01. The minimum absolute atomic E-state index is 0.823. The molecule has 4 nitrogen and oxygen atoms in total. The lowest BCUT2D eigenvalue weighted by Crippen LogP contribution is -2.07. The van der Waals surface area contributed by atoms with Gasteiger partial charge in [-0.2, -0.15) is 0 Å². The second-order valence-electron chi connectivity index (χ2n) is 3.15. The molecule has 15 heavy (non-hydrogen) atoms. The van der Waals surface area contributed by atoms with Gasteiger partial charge in [0.25, 0.3) is 0 Å². The first-order valence-electron chi connectivity index (χ1n) is 4.29. The van der Waals surface area contributed by atoms with E-state index >= 15 is 0 Å². The molecule has 0 aliphatic carbocycles. The van der Waals surface area contributed by atoms with Crippen LogP contribution in [0.5, 0.6) is 0 Å². The maximum Gasteiger partial charge on any atom is 0.208 e. The van der Waals surface area contributed by atoms with Gasteiger partial charge in [-0.05, 0) is 28.1 Å². The number of nitrogens with zero attached hydrogens (tertiary/aromatic N) is 4. The molecule has 0 bridgehead atoms. The van der Waals surface area contributed by atoms with Gasteiger partial charge in [0.05, 0.1) is 0 Å². The summed E-state index contributed by atoms with van der Waals surface area (Å²) in [6, 6.07) is 3.86. The number of hydrogen-bond donors (Lipinski definition) is 0. The van der Waals surface area contributed by atoms with Crippen LogP contribution in [0.3, 0.4) is 0 Å². The van der Waals surface area contributed by atoms with E-state index in [4.69, 9.17) is 0 Å². The monoisotopic (exact) mass is 284 g/mol. The molecule has 0 unspecified atom stereocenters. The predicted octanol–water partition coefficient (Wildman–Crippen LogP) is 2.43. The highest BCUT2D eigenvalue weighted by Gasteiger charge is 2.07. The normalized spacial score (nSPS) is 10.3. The van der Waals surface area contributed by atoms with Gasteiger partial charge in [0.2, 0.25) is 5.13 Å². The van der Waals surface area contributed by atoms with Crippen molar-refractivity contribution >= 4 is 32.4 Å². The van der Waals surface area contributed by atoms with Gasteiger partial charge in [0.1, 0.15) is 4.60 Å². The van der Waals surface area contributed by atoms with Crippen molar-refractivity contribution in [2.75, 3.05) is 19.0 Å². The van der Waals surface area contributed by atoms with Gasteiger partial charge in [0, 0.05) is 25.9 Å². The van der Waals surface area contributed by atoms with Crippen molar-refractivity contribution in [3.05, 3.63) is 22.9 Å². The van der Waals surface area contributed by atoms with E-state index in [9.17, 15) is 0 Å². The molecule has 0 saturated carbocycles. The molecule has 0 spiro atoms. The zero-order chi connectivity index (χ0) is 10.8. The standard InChI is InChI=1S/C9H9BrN4S/c1-14(2)9-13-12-8(15-9)6-3-4-7(10)11-5-6/h3-5H,1-2H3. The highest BCUT2D eigenvalue weighted by atomic mass is 79.9. The van der Waals surface area contributed by atoms with Gasteiger partial charge >= 0.3 is 0 Å². The van der Waals surface area contributed by atoms with E-state index in [1.165, 1.54) is 0 Å². The van der Waals surface area contributed by atoms with E-state index in [2.05, 4.69) is 31.1 Å². The molecular formula is C9H9BrN4S. The highest BCUT2D eigenvalue weighted by molar-refractivity contribution is 9.10. The van der Waals surface area contributed by atoms with Crippen molar-refractivity contribution in [1.82, 2.24) is 15.2 Å². The minimum Gasteiger partial charge on any atom is -0.353 e. The topological polar surface area (TPSA) is 41.9 Å². The Morgan fingerprint density at radius 1 is 1.27 bits per heavy atom. The largest absolute Gasteiger partial charge is 0.353 e. The SMILES string of the molecule is CN(C)c1nnc(-c2ccc(Br)nc2)s1. The van der Waals surface area contributed by atoms with Crippen LogP contribution in [0.15, 0.2) is 22.9 Å². The molecule has 0 aliphatic heterocycles. The summed E-state index contributed by atoms with van der Waals surface area (Å²) in [5.74, 6) is 0. The third-order valence-corrected chi connectivity index (χ3v) is 3.38. The Morgan fingerprint density at radius 3 is 2.60 bits per heavy atom. The molecule has 0 fully saturated rings. The van der Waals surface area contributed by atoms with E-state index in [-0.39, 0.29) is 0 Å². The maximum atomic E-state index is 4.15. The third-order valence-electron chi connectivity index (χ3n) is 1.77. The fourth-order valence-electron chi connectivity index (χ4n) is 1.02. The van der Waals surface area contributed by atoms with Crippen LogP contribution in [-0.2, 0) is 0 Å². The van der Waals surface area contributed by atoms with Gasteiger partial charge in [-0.15, -0.1) is 10.2 Å². The van der Waals surface area contributed by atoms with Gasteiger partial charge < -0.3 is 4.90 Å². The maximum absolute atomic E-state index is 4.15. The smallest absolute Gasteiger partial charge is 0.208 e. The van der Waals surface area contributed by atoms with Crippen LogP contribution >= 0.6 is 27.3 Å². The third kappa shape index (κ3) is 2.32. The molecule has 78 valence electrons. The van der Waals surface area contributed by atoms with Gasteiger partial charge in [0.15, 0.2) is 5.01 Å². The molecule has 0 saturated heterocycles. The lowest BCUT2D eigenvalue weighted by Gasteiger charge is -2.03. The first-order valence-corrected chi connectivity index (χ1v) is 5.90. The Kier molecular flexibility index (Phi) is 2.97. The number of halogens is 1. The molecule has 0 aromatic carbocycles. The van der Waals surface area contributed by atoms with Crippen molar-refractivity contribution in [1.29, 1.82) is 0 Å². The first kappa shape index (κ1) is 10.5. The second-order valence-corrected chi connectivity index (χ2v) is 4.92. The van der Waals surface area contributed by atoms with Crippen LogP contribution in [0.1, 0.15) is 0 Å². The molecule has 2 heterocycles. The summed E-state index contributed by atoms with van der Waals surface area (Å²) < 4.78 is 0.823. The molecule has 6 heteroatoms. The molecule has 0 amide bonds. The lowest BCUT2D eigenvalue weighted by molar-refractivity contribution is 1.02. The predicted molar refractivity (Wildman–Crippen MR) is 65.2 cm³/mol. The molecule has 0 atom stereocenters. The molecule has 2 aromatic heterocycles. The average molecular weight is 285 g/mol. The number of rotatable bonds is 2. The number of aromatic nitrogens is 3. The van der Waals surface area contributed by atoms with E-state index in [0.717, 1.165) is 20.3 Å². The number of hydrogen-bond acceptors (Lipinski definition) is 5. The van der Waals surface area contributed by atoms with Crippen LogP contribution in [0.25, 0.3) is 10.6 Å². The quantitative estimate of drug-likeness (QED) is 0.795. The Labute approximate surface area is 100 Å². The summed E-state index contributed by atoms with van der Waals surface area (Å²) in [5.41, 5.74) is 0.990. The molecule has 0 aliphatic rings. The Balaban J connectivity index is 2.33. The molecule has 0 N–H and O–H groups in total. The number of pyridine rings is 1. The van der Waals surface area contributed by atoms with Crippen molar-refractivity contribution in [2.24, 2.45) is 0 Å². The van der Waals surface area contributed by atoms with Crippen LogP contribution < -0.4 is 4.90 Å². The van der Waals surface area contributed by atoms with Crippen LogP contribution in [0.2, 0.25) is 0 Å². The van der Waals surface area contributed by atoms with Crippen LogP contribution in [0, 0.1) is 0 Å². The van der Waals surface area contributed by atoms with Gasteiger partial charge in [-0.1, -0.05) is 11.3 Å². The zero-order valence-electron chi connectivity index (χ0n) is 8.31. The summed E-state index contributed by atoms with van der Waals surface area (Å²) in [4.78, 5) is 6.09. The van der Waals surface area contributed by atoms with Gasteiger partial charge in [-0.3, -0.25) is 0 Å². The fraction of sp³-hybridized carbons (Fsp3) is 0.222. The average Bonchev–Trinajstić information content (AvgIpc) is 2.68. The van der Waals surface area contributed by atoms with Crippen molar-refractivity contribution in [3.63, 3.8) is 0 Å². The summed E-state index contributed by atoms with van der Waals surface area (Å²) in [6.45, 7) is 0. The van der Waals surface area contributed by atoms with Crippen LogP contribution in [0.4, 0.5) is 5.13 Å². The highest BCUT2D eigenvalue weighted by Crippen LogP contribution is 2.27. The second kappa shape index (κ2) is 4.24. The number of anilines is 1. The molecule has 0 radical (unpaired) electrons. The minimum atomic E-state index is 0.823. The summed E-state index contributed by atoms with van der Waals surface area (Å²) >= 11 is 4.84. The Hall–Kier alpha value is -1.01. The van der Waals surface area contributed by atoms with Crippen molar-refractivity contribution in [2.45, 2.75) is 0 Å². The first-order chi connectivity index (χ1) is 7.16.